The fourth-order valence-electron chi connectivity index (χ4n) is 1.91. The summed E-state index contributed by atoms with van der Waals surface area (Å²) in [7, 11) is 0. The Bertz CT molecular complexity index is 772. The summed E-state index contributed by atoms with van der Waals surface area (Å²) >= 11 is 0. The first-order valence-electron chi connectivity index (χ1n) is 6.24. The van der Waals surface area contributed by atoms with Crippen LogP contribution in [0.3, 0.4) is 0 Å². The van der Waals surface area contributed by atoms with Gasteiger partial charge in [0.25, 0.3) is 5.91 Å². The zero-order valence-corrected chi connectivity index (χ0v) is 11.4. The molecule has 0 saturated carbocycles. The number of carboxylic acids is 1. The molecule has 120 valence electrons. The molecule has 0 radical (unpaired) electrons. The number of nitrogens with one attached hydrogen (secondary N) is 1. The third-order valence-corrected chi connectivity index (χ3v) is 2.96. The molecule has 1 amide bonds. The number of hydrogen-bond donors (Lipinski definition) is 3. The molecule has 0 bridgehead atoms. The maximum Gasteiger partial charge on any atom is 0.417 e. The van der Waals surface area contributed by atoms with Crippen LogP contribution in [-0.2, 0) is 6.18 Å². The van der Waals surface area contributed by atoms with E-state index in [1.54, 1.807) is 0 Å². The molecule has 0 atom stereocenters. The van der Waals surface area contributed by atoms with Gasteiger partial charge in [-0.05, 0) is 30.3 Å². The van der Waals surface area contributed by atoms with Crippen LogP contribution in [0.5, 0.6) is 5.75 Å². The SMILES string of the molecule is O=C(O)c1cc(NC(=O)c2ccccc2C(F)(F)F)ccc1O. The molecule has 0 spiro atoms. The van der Waals surface area contributed by atoms with Gasteiger partial charge in [0.1, 0.15) is 11.3 Å². The third-order valence-electron chi connectivity index (χ3n) is 2.96. The van der Waals surface area contributed by atoms with Gasteiger partial charge in [0.05, 0.1) is 11.1 Å². The zero-order valence-electron chi connectivity index (χ0n) is 11.4. The van der Waals surface area contributed by atoms with Crippen molar-refractivity contribution < 1.29 is 33.0 Å². The largest absolute Gasteiger partial charge is 0.507 e. The Morgan fingerprint density at radius 2 is 1.65 bits per heavy atom. The van der Waals surface area contributed by atoms with Crippen molar-refractivity contribution >= 4 is 17.6 Å². The van der Waals surface area contributed by atoms with Crippen LogP contribution in [0, 0.1) is 0 Å². The van der Waals surface area contributed by atoms with Gasteiger partial charge in [-0.15, -0.1) is 0 Å². The third kappa shape index (κ3) is 3.60. The second kappa shape index (κ2) is 5.99. The van der Waals surface area contributed by atoms with Crippen molar-refractivity contribution in [2.75, 3.05) is 5.32 Å². The van der Waals surface area contributed by atoms with E-state index in [0.29, 0.717) is 0 Å². The number of aromatic hydroxyl groups is 1. The van der Waals surface area contributed by atoms with Gasteiger partial charge in [-0.1, -0.05) is 12.1 Å². The van der Waals surface area contributed by atoms with Crippen molar-refractivity contribution in [2.45, 2.75) is 6.18 Å². The monoisotopic (exact) mass is 325 g/mol. The number of rotatable bonds is 3. The van der Waals surface area contributed by atoms with Crippen LogP contribution < -0.4 is 5.32 Å². The van der Waals surface area contributed by atoms with Crippen molar-refractivity contribution in [1.29, 1.82) is 0 Å². The van der Waals surface area contributed by atoms with Crippen molar-refractivity contribution in [3.05, 3.63) is 59.2 Å². The van der Waals surface area contributed by atoms with E-state index in [2.05, 4.69) is 5.32 Å². The molecule has 23 heavy (non-hydrogen) atoms. The number of hydrogen-bond acceptors (Lipinski definition) is 3. The Hall–Kier alpha value is -3.03. The molecule has 0 heterocycles. The van der Waals surface area contributed by atoms with Gasteiger partial charge in [-0.2, -0.15) is 13.2 Å². The molecule has 2 rings (SSSR count). The highest BCUT2D eigenvalue weighted by molar-refractivity contribution is 6.06. The summed E-state index contributed by atoms with van der Waals surface area (Å²) in [5, 5.41) is 20.4. The smallest absolute Gasteiger partial charge is 0.417 e. The Morgan fingerprint density at radius 3 is 2.26 bits per heavy atom. The number of alkyl halides is 3. The maximum atomic E-state index is 12.9. The molecule has 2 aromatic rings. The summed E-state index contributed by atoms with van der Waals surface area (Å²) in [6.07, 6.45) is -4.70. The number of amides is 1. The average molecular weight is 325 g/mol. The summed E-state index contributed by atoms with van der Waals surface area (Å²) in [6.45, 7) is 0. The highest BCUT2D eigenvalue weighted by atomic mass is 19.4. The highest BCUT2D eigenvalue weighted by Gasteiger charge is 2.34. The second-order valence-electron chi connectivity index (χ2n) is 4.53. The number of benzene rings is 2. The molecule has 0 aliphatic rings. The molecule has 0 aliphatic carbocycles. The molecule has 3 N–H and O–H groups in total. The molecule has 0 saturated heterocycles. The topological polar surface area (TPSA) is 86.6 Å². The molecular formula is C15H10F3NO4. The van der Waals surface area contributed by atoms with Gasteiger partial charge < -0.3 is 15.5 Å². The molecule has 0 unspecified atom stereocenters. The van der Waals surface area contributed by atoms with Gasteiger partial charge in [0, 0.05) is 5.69 Å². The Balaban J connectivity index is 2.34. The van der Waals surface area contributed by atoms with Gasteiger partial charge in [-0.3, -0.25) is 4.79 Å². The first kappa shape index (κ1) is 16.3. The van der Waals surface area contributed by atoms with Crippen LogP contribution in [0.15, 0.2) is 42.5 Å². The lowest BCUT2D eigenvalue weighted by Crippen LogP contribution is -2.18. The lowest BCUT2D eigenvalue weighted by molar-refractivity contribution is -0.137. The van der Waals surface area contributed by atoms with Crippen molar-refractivity contribution in [3.63, 3.8) is 0 Å². The van der Waals surface area contributed by atoms with E-state index < -0.39 is 40.5 Å². The van der Waals surface area contributed by atoms with E-state index in [4.69, 9.17) is 5.11 Å². The van der Waals surface area contributed by atoms with Gasteiger partial charge in [0.15, 0.2) is 0 Å². The number of anilines is 1. The predicted octanol–water partition coefficient (Wildman–Crippen LogP) is 3.36. The van der Waals surface area contributed by atoms with Crippen molar-refractivity contribution in [2.24, 2.45) is 0 Å². The Kier molecular flexibility index (Phi) is 4.26. The van der Waals surface area contributed by atoms with Crippen molar-refractivity contribution in [3.8, 4) is 5.75 Å². The lowest BCUT2D eigenvalue weighted by atomic mass is 10.1. The molecule has 2 aromatic carbocycles. The maximum absolute atomic E-state index is 12.9. The summed E-state index contributed by atoms with van der Waals surface area (Å²) in [6, 6.07) is 7.37. The molecule has 0 aliphatic heterocycles. The predicted molar refractivity (Wildman–Crippen MR) is 74.5 cm³/mol. The van der Waals surface area contributed by atoms with Gasteiger partial charge in [-0.25, -0.2) is 4.79 Å². The number of halogens is 3. The van der Waals surface area contributed by atoms with Crippen LogP contribution in [0.1, 0.15) is 26.3 Å². The van der Waals surface area contributed by atoms with Crippen LogP contribution in [-0.4, -0.2) is 22.1 Å². The van der Waals surface area contributed by atoms with E-state index in [0.717, 1.165) is 30.3 Å². The van der Waals surface area contributed by atoms with Crippen LogP contribution in [0.4, 0.5) is 18.9 Å². The lowest BCUT2D eigenvalue weighted by Gasteiger charge is -2.13. The van der Waals surface area contributed by atoms with Crippen molar-refractivity contribution in [1.82, 2.24) is 0 Å². The fourth-order valence-corrected chi connectivity index (χ4v) is 1.91. The molecule has 5 nitrogen and oxygen atoms in total. The van der Waals surface area contributed by atoms with E-state index in [-0.39, 0.29) is 5.69 Å². The van der Waals surface area contributed by atoms with E-state index in [9.17, 15) is 27.9 Å². The minimum absolute atomic E-state index is 0.0535. The minimum Gasteiger partial charge on any atom is -0.507 e. The van der Waals surface area contributed by atoms with Crippen LogP contribution in [0.25, 0.3) is 0 Å². The molecule has 0 fully saturated rings. The van der Waals surface area contributed by atoms with Gasteiger partial charge in [0.2, 0.25) is 0 Å². The minimum atomic E-state index is -4.70. The Morgan fingerprint density at radius 1 is 1.00 bits per heavy atom. The first-order chi connectivity index (χ1) is 10.7. The second-order valence-corrected chi connectivity index (χ2v) is 4.53. The quantitative estimate of drug-likeness (QED) is 0.755. The normalized spacial score (nSPS) is 11.1. The zero-order chi connectivity index (χ0) is 17.2. The molecule has 8 heteroatoms. The molecular weight excluding hydrogens is 315 g/mol. The average Bonchev–Trinajstić information content (AvgIpc) is 2.48. The number of carboxylic acid groups (broad SMARTS) is 1. The van der Waals surface area contributed by atoms with Crippen LogP contribution in [0.2, 0.25) is 0 Å². The van der Waals surface area contributed by atoms with Gasteiger partial charge >= 0.3 is 12.1 Å². The van der Waals surface area contributed by atoms with E-state index in [1.165, 1.54) is 12.1 Å². The summed E-state index contributed by atoms with van der Waals surface area (Å²) in [5.74, 6) is -3.00. The summed E-state index contributed by atoms with van der Waals surface area (Å²) in [4.78, 5) is 22.9. The number of phenols is 1. The summed E-state index contributed by atoms with van der Waals surface area (Å²) < 4.78 is 38.6. The fraction of sp³-hybridized carbons (Fsp3) is 0.0667. The highest BCUT2D eigenvalue weighted by Crippen LogP contribution is 2.32. The standard InChI is InChI=1S/C15H10F3NO4/c16-15(17,18)11-4-2-1-3-9(11)13(21)19-8-5-6-12(20)10(7-8)14(22)23/h1-7,20H,(H,19,21)(H,22,23). The number of carbonyl (C=O) groups is 2. The number of aromatic carboxylic acids is 1. The first-order valence-corrected chi connectivity index (χ1v) is 6.24. The molecule has 0 aromatic heterocycles. The Labute approximate surface area is 128 Å². The van der Waals surface area contributed by atoms with Crippen LogP contribution >= 0.6 is 0 Å². The van der Waals surface area contributed by atoms with E-state index in [1.807, 2.05) is 0 Å². The summed E-state index contributed by atoms with van der Waals surface area (Å²) in [5.41, 5.74) is -2.23. The van der Waals surface area contributed by atoms with E-state index >= 15 is 0 Å². The number of carbonyl (C=O) groups excluding carboxylic acids is 1.